The van der Waals surface area contributed by atoms with Crippen LogP contribution in [0.15, 0.2) is 18.2 Å². The largest absolute Gasteiger partial charge is 0.341 e. The first kappa shape index (κ1) is 16.9. The van der Waals surface area contributed by atoms with Crippen molar-refractivity contribution in [2.24, 2.45) is 5.92 Å². The van der Waals surface area contributed by atoms with E-state index in [0.717, 1.165) is 48.8 Å². The molecule has 2 atom stereocenters. The van der Waals surface area contributed by atoms with Crippen molar-refractivity contribution < 1.29 is 4.79 Å². The summed E-state index contributed by atoms with van der Waals surface area (Å²) in [5.41, 5.74) is 7.54. The lowest BCUT2D eigenvalue weighted by molar-refractivity contribution is -0.134. The lowest BCUT2D eigenvalue weighted by Crippen LogP contribution is -2.48. The number of hydrogen-bond donors (Lipinski definition) is 2. The molecule has 138 valence electrons. The van der Waals surface area contributed by atoms with Gasteiger partial charge in [-0.1, -0.05) is 11.6 Å². The number of thiazole rings is 1. The van der Waals surface area contributed by atoms with E-state index in [9.17, 15) is 4.79 Å². The summed E-state index contributed by atoms with van der Waals surface area (Å²) >= 11 is 7.84. The van der Waals surface area contributed by atoms with Crippen molar-refractivity contribution in [2.75, 3.05) is 13.1 Å². The van der Waals surface area contributed by atoms with Crippen LogP contribution in [0, 0.1) is 5.92 Å². The molecule has 1 amide bonds. The molecule has 1 aliphatic carbocycles. The zero-order valence-corrected chi connectivity index (χ0v) is 16.2. The summed E-state index contributed by atoms with van der Waals surface area (Å²) in [6.07, 6.45) is 5.52. The van der Waals surface area contributed by atoms with Gasteiger partial charge in [-0.2, -0.15) is 0 Å². The highest BCUT2D eigenvalue weighted by Gasteiger charge is 2.40. The van der Waals surface area contributed by atoms with Gasteiger partial charge in [0.1, 0.15) is 6.04 Å². The van der Waals surface area contributed by atoms with Crippen LogP contribution in [-0.2, 0) is 4.79 Å². The molecule has 2 N–H and O–H groups in total. The Morgan fingerprint density at radius 3 is 2.77 bits per heavy atom. The van der Waals surface area contributed by atoms with Gasteiger partial charge in [0.15, 0.2) is 0 Å². The molecule has 3 aliphatic rings. The topological polar surface area (TPSA) is 57.3 Å². The second-order valence-electron chi connectivity index (χ2n) is 7.78. The molecule has 1 saturated carbocycles. The molecular weight excluding hydrogens is 368 g/mol. The van der Waals surface area contributed by atoms with Crippen LogP contribution in [0.1, 0.15) is 43.0 Å². The number of nitrogens with zero attached hydrogens (tertiary/aromatic N) is 2. The van der Waals surface area contributed by atoms with Gasteiger partial charge in [0.2, 0.25) is 5.91 Å². The van der Waals surface area contributed by atoms with Gasteiger partial charge in [-0.25, -0.2) is 10.4 Å². The van der Waals surface area contributed by atoms with Crippen LogP contribution < -0.4 is 10.9 Å². The predicted molar refractivity (Wildman–Crippen MR) is 104 cm³/mol. The molecule has 3 fully saturated rings. The average Bonchev–Trinajstić information content (AvgIpc) is 3.24. The van der Waals surface area contributed by atoms with Crippen LogP contribution in [0.3, 0.4) is 0 Å². The summed E-state index contributed by atoms with van der Waals surface area (Å²) in [6.45, 7) is 1.65. The number of carbonyl (C=O) groups excluding carboxylic acids is 1. The number of benzene rings is 1. The van der Waals surface area contributed by atoms with Crippen molar-refractivity contribution in [1.29, 1.82) is 0 Å². The van der Waals surface area contributed by atoms with Crippen molar-refractivity contribution in [1.82, 2.24) is 20.7 Å². The van der Waals surface area contributed by atoms with Crippen molar-refractivity contribution in [3.8, 4) is 0 Å². The first-order valence-corrected chi connectivity index (χ1v) is 10.7. The van der Waals surface area contributed by atoms with Gasteiger partial charge in [-0.05, 0) is 56.2 Å². The van der Waals surface area contributed by atoms with Gasteiger partial charge in [-0.15, -0.1) is 11.3 Å². The summed E-state index contributed by atoms with van der Waals surface area (Å²) < 4.78 is 1.19. The van der Waals surface area contributed by atoms with E-state index in [2.05, 4.69) is 10.9 Å². The Kier molecular flexibility index (Phi) is 4.39. The molecule has 0 spiro atoms. The molecule has 0 radical (unpaired) electrons. The number of amides is 1. The average molecular weight is 391 g/mol. The third-order valence-corrected chi connectivity index (χ3v) is 7.38. The molecule has 0 bridgehead atoms. The van der Waals surface area contributed by atoms with Crippen molar-refractivity contribution in [2.45, 2.75) is 50.1 Å². The number of hydrazine groups is 1. The molecule has 2 aromatic rings. The van der Waals surface area contributed by atoms with E-state index in [0.29, 0.717) is 12.0 Å². The Morgan fingerprint density at radius 1 is 1.19 bits per heavy atom. The molecule has 2 saturated heterocycles. The Bertz CT molecular complexity index is 828. The van der Waals surface area contributed by atoms with Crippen LogP contribution in [0.4, 0.5) is 0 Å². The smallest absolute Gasteiger partial charge is 0.241 e. The number of carbonyl (C=O) groups is 1. The number of rotatable bonds is 3. The number of halogens is 1. The molecule has 1 aromatic heterocycles. The van der Waals surface area contributed by atoms with E-state index >= 15 is 0 Å². The minimum atomic E-state index is -0.0539. The number of fused-ring (bicyclic) bond motifs is 1. The Balaban J connectivity index is 1.20. The molecule has 5 nitrogen and oxygen atoms in total. The third kappa shape index (κ3) is 3.24. The number of aromatic nitrogens is 1. The van der Waals surface area contributed by atoms with Gasteiger partial charge in [0.05, 0.1) is 15.2 Å². The number of likely N-dealkylation sites (tertiary alicyclic amines) is 1. The second kappa shape index (κ2) is 6.75. The minimum Gasteiger partial charge on any atom is -0.341 e. The fraction of sp³-hybridized carbons (Fsp3) is 0.579. The fourth-order valence-corrected chi connectivity index (χ4v) is 5.49. The number of piperidine rings is 1. The predicted octanol–water partition coefficient (Wildman–Crippen LogP) is 3.30. The summed E-state index contributed by atoms with van der Waals surface area (Å²) in [5, 5.41) is 1.92. The van der Waals surface area contributed by atoms with Crippen molar-refractivity contribution >= 4 is 39.1 Å². The lowest BCUT2D eigenvalue weighted by atomic mass is 9.96. The van der Waals surface area contributed by atoms with Crippen LogP contribution >= 0.6 is 22.9 Å². The van der Waals surface area contributed by atoms with Crippen molar-refractivity contribution in [3.05, 3.63) is 28.2 Å². The van der Waals surface area contributed by atoms with E-state index in [1.165, 1.54) is 22.5 Å². The van der Waals surface area contributed by atoms with E-state index in [1.54, 1.807) is 11.3 Å². The van der Waals surface area contributed by atoms with Gasteiger partial charge in [0.25, 0.3) is 0 Å². The van der Waals surface area contributed by atoms with Gasteiger partial charge < -0.3 is 4.90 Å². The molecule has 1 aromatic carbocycles. The highest BCUT2D eigenvalue weighted by molar-refractivity contribution is 7.18. The van der Waals surface area contributed by atoms with Gasteiger partial charge in [0, 0.05) is 30.1 Å². The zero-order chi connectivity index (χ0) is 17.7. The molecule has 3 heterocycles. The molecule has 7 heteroatoms. The third-order valence-electron chi connectivity index (χ3n) is 5.94. The van der Waals surface area contributed by atoms with E-state index in [1.807, 2.05) is 23.1 Å². The summed E-state index contributed by atoms with van der Waals surface area (Å²) in [6, 6.07) is 6.33. The maximum absolute atomic E-state index is 12.8. The Hall–Kier alpha value is -1.21. The molecular formula is C19H23ClN4OS. The van der Waals surface area contributed by atoms with Crippen molar-refractivity contribution in [3.63, 3.8) is 0 Å². The summed E-state index contributed by atoms with van der Waals surface area (Å²) in [4.78, 5) is 19.6. The second-order valence-corrected chi connectivity index (χ2v) is 9.28. The first-order chi connectivity index (χ1) is 12.7. The Labute approximate surface area is 162 Å². The quantitative estimate of drug-likeness (QED) is 0.844. The monoisotopic (exact) mass is 390 g/mol. The molecule has 26 heavy (non-hydrogen) atoms. The van der Waals surface area contributed by atoms with Gasteiger partial charge in [-0.3, -0.25) is 10.2 Å². The van der Waals surface area contributed by atoms with Crippen LogP contribution in [-0.4, -0.2) is 41.0 Å². The number of nitrogens with one attached hydrogen (secondary N) is 2. The van der Waals surface area contributed by atoms with E-state index < -0.39 is 0 Å². The summed E-state index contributed by atoms with van der Waals surface area (Å²) in [7, 11) is 0. The highest BCUT2D eigenvalue weighted by atomic mass is 35.5. The normalized spacial score (nSPS) is 27.3. The lowest BCUT2D eigenvalue weighted by Gasteiger charge is -2.32. The fourth-order valence-electron chi connectivity index (χ4n) is 4.21. The first-order valence-electron chi connectivity index (χ1n) is 9.53. The number of hydrogen-bond acceptors (Lipinski definition) is 5. The summed E-state index contributed by atoms with van der Waals surface area (Å²) in [5.74, 6) is 1.48. The maximum atomic E-state index is 12.8. The SMILES string of the molecule is O=C(C1CC(C2CC2)NN1)N1CCC(c2nc3cc(Cl)ccc3s2)CC1. The maximum Gasteiger partial charge on any atom is 0.241 e. The van der Waals surface area contributed by atoms with E-state index in [-0.39, 0.29) is 11.9 Å². The molecule has 5 rings (SSSR count). The van der Waals surface area contributed by atoms with Crippen LogP contribution in [0.25, 0.3) is 10.2 Å². The molecule has 2 unspecified atom stereocenters. The molecule has 2 aliphatic heterocycles. The highest BCUT2D eigenvalue weighted by Crippen LogP contribution is 2.37. The van der Waals surface area contributed by atoms with Crippen LogP contribution in [0.2, 0.25) is 5.02 Å². The minimum absolute atomic E-state index is 0.0539. The Morgan fingerprint density at radius 2 is 2.00 bits per heavy atom. The van der Waals surface area contributed by atoms with E-state index in [4.69, 9.17) is 16.6 Å². The standard InChI is InChI=1S/C19H23ClN4OS/c20-13-3-4-17-15(9-13)21-18(26-17)12-5-7-24(8-6-12)19(25)16-10-14(22-23-16)11-1-2-11/h3-4,9,11-12,14,16,22-23H,1-2,5-8,10H2. The van der Waals surface area contributed by atoms with Crippen LogP contribution in [0.5, 0.6) is 0 Å². The van der Waals surface area contributed by atoms with Gasteiger partial charge >= 0.3 is 0 Å². The zero-order valence-electron chi connectivity index (χ0n) is 14.6.